The van der Waals surface area contributed by atoms with Crippen molar-refractivity contribution in [3.05, 3.63) is 60.2 Å². The molecule has 1 saturated heterocycles. The monoisotopic (exact) mass is 359 g/mol. The molecule has 0 bridgehead atoms. The minimum atomic E-state index is -3.44. The number of hydrogen-bond acceptors (Lipinski definition) is 4. The van der Waals surface area contributed by atoms with Gasteiger partial charge in [0.2, 0.25) is 10.0 Å². The third kappa shape index (κ3) is 4.21. The Labute approximate surface area is 150 Å². The largest absolute Gasteiger partial charge is 0.369 e. The number of anilines is 1. The molecule has 0 radical (unpaired) electrons. The lowest BCUT2D eigenvalue weighted by molar-refractivity contribution is 0.199. The molecule has 25 heavy (non-hydrogen) atoms. The summed E-state index contributed by atoms with van der Waals surface area (Å²) in [5.41, 5.74) is 2.28. The van der Waals surface area contributed by atoms with Crippen molar-refractivity contribution in [3.8, 4) is 0 Å². The zero-order valence-corrected chi connectivity index (χ0v) is 15.6. The van der Waals surface area contributed by atoms with Crippen LogP contribution in [-0.2, 0) is 10.0 Å². The van der Waals surface area contributed by atoms with Crippen LogP contribution in [0.2, 0.25) is 0 Å². The summed E-state index contributed by atoms with van der Waals surface area (Å²) in [4.78, 5) is 4.87. The molecule has 0 aliphatic carbocycles. The normalized spacial score (nSPS) is 16.4. The average Bonchev–Trinajstić information content (AvgIpc) is 2.63. The molecule has 1 aliphatic rings. The highest BCUT2D eigenvalue weighted by Gasteiger charge is 2.24. The zero-order chi connectivity index (χ0) is 17.9. The minimum Gasteiger partial charge on any atom is -0.369 e. The van der Waals surface area contributed by atoms with E-state index in [0.717, 1.165) is 31.7 Å². The average molecular weight is 359 g/mol. The van der Waals surface area contributed by atoms with Gasteiger partial charge in [-0.3, -0.25) is 4.90 Å². The maximum atomic E-state index is 12.7. The molecule has 0 aromatic heterocycles. The Bertz CT molecular complexity index is 783. The first kappa shape index (κ1) is 17.9. The van der Waals surface area contributed by atoms with E-state index >= 15 is 0 Å². The fourth-order valence-corrected chi connectivity index (χ4v) is 4.19. The van der Waals surface area contributed by atoms with E-state index in [0.29, 0.717) is 11.6 Å². The Hall–Kier alpha value is -1.89. The maximum absolute atomic E-state index is 12.7. The van der Waals surface area contributed by atoms with Crippen LogP contribution < -0.4 is 4.90 Å². The van der Waals surface area contributed by atoms with Gasteiger partial charge < -0.3 is 4.90 Å². The van der Waals surface area contributed by atoms with Crippen molar-refractivity contribution in [3.63, 3.8) is 0 Å². The molecule has 134 valence electrons. The summed E-state index contributed by atoms with van der Waals surface area (Å²) in [6.45, 7) is 5.88. The van der Waals surface area contributed by atoms with E-state index in [-0.39, 0.29) is 0 Å². The molecule has 3 rings (SSSR count). The molecule has 1 fully saturated rings. The summed E-state index contributed by atoms with van der Waals surface area (Å²) in [5.74, 6) is 0. The molecule has 0 spiro atoms. The molecule has 0 amide bonds. The number of piperazine rings is 1. The Kier molecular flexibility index (Phi) is 5.42. The Morgan fingerprint density at radius 2 is 1.52 bits per heavy atom. The van der Waals surface area contributed by atoms with E-state index in [1.165, 1.54) is 9.99 Å². The molecule has 1 heterocycles. The summed E-state index contributed by atoms with van der Waals surface area (Å²) < 4.78 is 26.8. The minimum absolute atomic E-state index is 0.350. The number of para-hydroxylation sites is 1. The van der Waals surface area contributed by atoms with Crippen LogP contribution in [0, 0.1) is 6.92 Å². The third-order valence-electron chi connectivity index (χ3n) is 4.62. The predicted octanol–water partition coefficient (Wildman–Crippen LogP) is 2.40. The number of aryl methyl sites for hydroxylation is 1. The lowest BCUT2D eigenvalue weighted by Crippen LogP contribution is -2.50. The van der Waals surface area contributed by atoms with E-state index in [1.807, 2.05) is 37.3 Å². The van der Waals surface area contributed by atoms with Gasteiger partial charge in [-0.15, -0.1) is 0 Å². The van der Waals surface area contributed by atoms with Crippen molar-refractivity contribution in [1.82, 2.24) is 9.21 Å². The fraction of sp³-hybridized carbons (Fsp3) is 0.368. The molecule has 6 heteroatoms. The molecule has 5 nitrogen and oxygen atoms in total. The molecule has 1 aliphatic heterocycles. The standard InChI is InChI=1S/C19H25N3O2S/c1-17-8-10-19(11-9-17)25(23,24)20(2)16-21-12-14-22(15-13-21)18-6-4-3-5-7-18/h3-11H,12-16H2,1-2H3. The predicted molar refractivity (Wildman–Crippen MR) is 101 cm³/mol. The molecule has 0 atom stereocenters. The molecular formula is C19H25N3O2S. The highest BCUT2D eigenvalue weighted by Crippen LogP contribution is 2.18. The van der Waals surface area contributed by atoms with Gasteiger partial charge in [0.05, 0.1) is 11.6 Å². The van der Waals surface area contributed by atoms with Crippen molar-refractivity contribution >= 4 is 15.7 Å². The third-order valence-corrected chi connectivity index (χ3v) is 6.43. The number of nitrogens with zero attached hydrogens (tertiary/aromatic N) is 3. The zero-order valence-electron chi connectivity index (χ0n) is 14.8. The second-order valence-electron chi connectivity index (χ2n) is 6.50. The molecule has 2 aromatic carbocycles. The highest BCUT2D eigenvalue weighted by molar-refractivity contribution is 7.89. The summed E-state index contributed by atoms with van der Waals surface area (Å²) in [6, 6.07) is 17.4. The van der Waals surface area contributed by atoms with E-state index < -0.39 is 10.0 Å². The first-order valence-electron chi connectivity index (χ1n) is 8.52. The molecule has 0 unspecified atom stereocenters. The van der Waals surface area contributed by atoms with Gasteiger partial charge in [0, 0.05) is 38.9 Å². The van der Waals surface area contributed by atoms with Crippen LogP contribution in [0.25, 0.3) is 0 Å². The lowest BCUT2D eigenvalue weighted by Gasteiger charge is -2.37. The van der Waals surface area contributed by atoms with Gasteiger partial charge in [-0.05, 0) is 31.2 Å². The van der Waals surface area contributed by atoms with Crippen LogP contribution in [-0.4, -0.2) is 57.5 Å². The lowest BCUT2D eigenvalue weighted by atomic mass is 10.2. The highest BCUT2D eigenvalue weighted by atomic mass is 32.2. The van der Waals surface area contributed by atoms with Gasteiger partial charge in [0.15, 0.2) is 0 Å². The SMILES string of the molecule is Cc1ccc(S(=O)(=O)N(C)CN2CCN(c3ccccc3)CC2)cc1. The Morgan fingerprint density at radius 3 is 2.12 bits per heavy atom. The van der Waals surface area contributed by atoms with Crippen molar-refractivity contribution in [2.24, 2.45) is 0 Å². The topological polar surface area (TPSA) is 43.9 Å². The van der Waals surface area contributed by atoms with Crippen molar-refractivity contribution in [2.45, 2.75) is 11.8 Å². The van der Waals surface area contributed by atoms with Gasteiger partial charge in [-0.1, -0.05) is 35.9 Å². The fourth-order valence-electron chi connectivity index (χ4n) is 3.03. The van der Waals surface area contributed by atoms with E-state index in [2.05, 4.69) is 21.9 Å². The number of sulfonamides is 1. The smallest absolute Gasteiger partial charge is 0.243 e. The van der Waals surface area contributed by atoms with Crippen molar-refractivity contribution in [2.75, 3.05) is 44.8 Å². The van der Waals surface area contributed by atoms with E-state index in [9.17, 15) is 8.42 Å². The Balaban J connectivity index is 1.59. The van der Waals surface area contributed by atoms with Crippen LogP contribution in [0.4, 0.5) is 5.69 Å². The molecule has 0 N–H and O–H groups in total. The van der Waals surface area contributed by atoms with Gasteiger partial charge in [0.25, 0.3) is 0 Å². The number of rotatable bonds is 5. The first-order valence-corrected chi connectivity index (χ1v) is 9.96. The number of benzene rings is 2. The quantitative estimate of drug-likeness (QED) is 0.822. The molecule has 2 aromatic rings. The van der Waals surface area contributed by atoms with Crippen LogP contribution in [0.15, 0.2) is 59.5 Å². The summed E-state index contributed by atoms with van der Waals surface area (Å²) >= 11 is 0. The van der Waals surface area contributed by atoms with Crippen molar-refractivity contribution in [1.29, 1.82) is 0 Å². The van der Waals surface area contributed by atoms with Gasteiger partial charge >= 0.3 is 0 Å². The second kappa shape index (κ2) is 7.56. The number of hydrogen-bond donors (Lipinski definition) is 0. The second-order valence-corrected chi connectivity index (χ2v) is 8.54. The molecular weight excluding hydrogens is 334 g/mol. The summed E-state index contributed by atoms with van der Waals surface area (Å²) in [5, 5.41) is 0. The van der Waals surface area contributed by atoms with Crippen LogP contribution in [0.5, 0.6) is 0 Å². The van der Waals surface area contributed by atoms with Crippen LogP contribution >= 0.6 is 0 Å². The first-order chi connectivity index (χ1) is 12.0. The summed E-state index contributed by atoms with van der Waals surface area (Å²) in [6.07, 6.45) is 0. The Morgan fingerprint density at radius 1 is 0.920 bits per heavy atom. The van der Waals surface area contributed by atoms with Gasteiger partial charge in [0.1, 0.15) is 0 Å². The van der Waals surface area contributed by atoms with Gasteiger partial charge in [-0.25, -0.2) is 8.42 Å². The van der Waals surface area contributed by atoms with E-state index in [1.54, 1.807) is 19.2 Å². The van der Waals surface area contributed by atoms with Gasteiger partial charge in [-0.2, -0.15) is 4.31 Å². The van der Waals surface area contributed by atoms with Crippen LogP contribution in [0.3, 0.4) is 0 Å². The maximum Gasteiger partial charge on any atom is 0.243 e. The summed E-state index contributed by atoms with van der Waals surface area (Å²) in [7, 11) is -1.79. The van der Waals surface area contributed by atoms with E-state index in [4.69, 9.17) is 0 Å². The molecule has 0 saturated carbocycles. The van der Waals surface area contributed by atoms with Crippen LogP contribution in [0.1, 0.15) is 5.56 Å². The van der Waals surface area contributed by atoms with Crippen molar-refractivity contribution < 1.29 is 8.42 Å².